The van der Waals surface area contributed by atoms with Crippen molar-refractivity contribution >= 4 is 22.1 Å². The largest absolute Gasteiger partial charge is 0.493 e. The Balaban J connectivity index is 1.71. The number of rotatable bonds is 10. The van der Waals surface area contributed by atoms with Crippen LogP contribution in [0.4, 0.5) is 0 Å². The van der Waals surface area contributed by atoms with Gasteiger partial charge in [-0.25, -0.2) is 13.8 Å². The summed E-state index contributed by atoms with van der Waals surface area (Å²) >= 11 is 0. The van der Waals surface area contributed by atoms with E-state index in [1.54, 1.807) is 55.6 Å². The van der Waals surface area contributed by atoms with Crippen LogP contribution < -0.4 is 14.9 Å². The van der Waals surface area contributed by atoms with Gasteiger partial charge in [0.05, 0.1) is 31.4 Å². The van der Waals surface area contributed by atoms with E-state index in [1.807, 2.05) is 6.92 Å². The summed E-state index contributed by atoms with van der Waals surface area (Å²) in [5, 5.41) is 4.00. The molecule has 0 aromatic heterocycles. The van der Waals surface area contributed by atoms with E-state index in [4.69, 9.17) is 9.47 Å². The van der Waals surface area contributed by atoms with Gasteiger partial charge in [-0.3, -0.25) is 4.79 Å². The fraction of sp³-hybridized carbons (Fsp3) is 0.417. The number of carbonyl (C=O) groups excluding carboxylic acids is 1. The van der Waals surface area contributed by atoms with Crippen LogP contribution in [0.1, 0.15) is 44.6 Å². The second-order valence-electron chi connectivity index (χ2n) is 7.79. The lowest BCUT2D eigenvalue weighted by molar-refractivity contribution is -0.121. The third-order valence-electron chi connectivity index (χ3n) is 5.52. The van der Waals surface area contributed by atoms with Gasteiger partial charge in [0.1, 0.15) is 0 Å². The van der Waals surface area contributed by atoms with Crippen LogP contribution in [0.25, 0.3) is 0 Å². The van der Waals surface area contributed by atoms with Crippen LogP contribution in [0.3, 0.4) is 0 Å². The predicted molar refractivity (Wildman–Crippen MR) is 127 cm³/mol. The second-order valence-corrected chi connectivity index (χ2v) is 9.68. The van der Waals surface area contributed by atoms with Crippen LogP contribution in [0, 0.1) is 0 Å². The van der Waals surface area contributed by atoms with Crippen molar-refractivity contribution in [2.75, 3.05) is 20.3 Å². The van der Waals surface area contributed by atoms with E-state index in [2.05, 4.69) is 10.5 Å². The molecular formula is C24H31N3O5S. The number of benzene rings is 2. The van der Waals surface area contributed by atoms with Crippen LogP contribution in [0.5, 0.6) is 11.5 Å². The number of hydrogen-bond donors (Lipinski definition) is 1. The average molecular weight is 474 g/mol. The summed E-state index contributed by atoms with van der Waals surface area (Å²) in [5.74, 6) is 0.689. The Morgan fingerprint density at radius 1 is 1.12 bits per heavy atom. The lowest BCUT2D eigenvalue weighted by atomic mass is 9.95. The number of nitrogens with zero attached hydrogens (tertiary/aromatic N) is 2. The highest BCUT2D eigenvalue weighted by Crippen LogP contribution is 2.28. The smallest absolute Gasteiger partial charge is 0.255 e. The highest BCUT2D eigenvalue weighted by atomic mass is 32.2. The van der Waals surface area contributed by atoms with Crippen molar-refractivity contribution in [3.8, 4) is 11.5 Å². The van der Waals surface area contributed by atoms with Crippen molar-refractivity contribution in [2.24, 2.45) is 5.10 Å². The van der Waals surface area contributed by atoms with Gasteiger partial charge in [-0.1, -0.05) is 37.5 Å². The summed E-state index contributed by atoms with van der Waals surface area (Å²) in [6.07, 6.45) is 5.95. The Morgan fingerprint density at radius 3 is 2.52 bits per heavy atom. The summed E-state index contributed by atoms with van der Waals surface area (Å²) in [6.45, 7) is 2.12. The van der Waals surface area contributed by atoms with Gasteiger partial charge < -0.3 is 9.47 Å². The first-order valence-electron chi connectivity index (χ1n) is 11.2. The lowest BCUT2D eigenvalue weighted by Crippen LogP contribution is -2.46. The minimum atomic E-state index is -3.80. The van der Waals surface area contributed by atoms with Gasteiger partial charge in [-0.2, -0.15) is 9.41 Å². The zero-order valence-corrected chi connectivity index (χ0v) is 19.9. The van der Waals surface area contributed by atoms with Crippen molar-refractivity contribution in [1.29, 1.82) is 0 Å². The molecule has 0 unspecified atom stereocenters. The van der Waals surface area contributed by atoms with E-state index in [1.165, 1.54) is 10.5 Å². The van der Waals surface area contributed by atoms with Crippen molar-refractivity contribution in [3.05, 3.63) is 54.1 Å². The second kappa shape index (κ2) is 11.8. The number of amides is 1. The summed E-state index contributed by atoms with van der Waals surface area (Å²) in [6, 6.07) is 13.3. The minimum absolute atomic E-state index is 0.188. The number of nitrogens with one attached hydrogen (secondary N) is 1. The molecule has 1 amide bonds. The summed E-state index contributed by atoms with van der Waals surface area (Å²) in [5.41, 5.74) is 3.16. The first-order valence-corrected chi connectivity index (χ1v) is 12.6. The van der Waals surface area contributed by atoms with Crippen LogP contribution in [-0.2, 0) is 14.8 Å². The molecule has 1 aliphatic carbocycles. The molecule has 0 bridgehead atoms. The molecule has 178 valence electrons. The monoisotopic (exact) mass is 473 g/mol. The van der Waals surface area contributed by atoms with Gasteiger partial charge in [-0.05, 0) is 55.7 Å². The number of sulfonamides is 1. The third-order valence-corrected chi connectivity index (χ3v) is 7.43. The molecule has 8 nitrogen and oxygen atoms in total. The predicted octanol–water partition coefficient (Wildman–Crippen LogP) is 3.57. The number of hydrogen-bond acceptors (Lipinski definition) is 6. The molecule has 0 heterocycles. The molecular weight excluding hydrogens is 442 g/mol. The normalized spacial score (nSPS) is 15.0. The Morgan fingerprint density at radius 2 is 1.85 bits per heavy atom. The molecule has 1 fully saturated rings. The first kappa shape index (κ1) is 24.7. The Bertz CT molecular complexity index is 1050. The molecule has 0 aliphatic heterocycles. The Kier molecular flexibility index (Phi) is 8.85. The molecule has 9 heteroatoms. The highest BCUT2D eigenvalue weighted by molar-refractivity contribution is 7.89. The van der Waals surface area contributed by atoms with Crippen molar-refractivity contribution in [1.82, 2.24) is 9.73 Å². The molecule has 0 atom stereocenters. The minimum Gasteiger partial charge on any atom is -0.493 e. The highest BCUT2D eigenvalue weighted by Gasteiger charge is 2.33. The SMILES string of the molecule is CCOc1ccc(/C=N\NC(=O)CN(C2CCCCC2)S(=O)(=O)c2ccccc2)cc1OC. The van der Waals surface area contributed by atoms with E-state index >= 15 is 0 Å². The molecule has 1 N–H and O–H groups in total. The number of ether oxygens (including phenoxy) is 2. The fourth-order valence-electron chi connectivity index (χ4n) is 3.90. The zero-order valence-electron chi connectivity index (χ0n) is 19.1. The number of hydrazone groups is 1. The van der Waals surface area contributed by atoms with Crippen LogP contribution in [0.2, 0.25) is 0 Å². The average Bonchev–Trinajstić information content (AvgIpc) is 2.84. The van der Waals surface area contributed by atoms with Crippen LogP contribution in [0.15, 0.2) is 58.5 Å². The molecule has 0 saturated heterocycles. The van der Waals surface area contributed by atoms with E-state index in [0.29, 0.717) is 23.7 Å². The number of carbonyl (C=O) groups is 1. The topological polar surface area (TPSA) is 97.3 Å². The summed E-state index contributed by atoms with van der Waals surface area (Å²) in [7, 11) is -2.25. The maximum absolute atomic E-state index is 13.3. The van der Waals surface area contributed by atoms with Crippen LogP contribution >= 0.6 is 0 Å². The molecule has 1 saturated carbocycles. The maximum atomic E-state index is 13.3. The van der Waals surface area contributed by atoms with Gasteiger partial charge in [0.25, 0.3) is 5.91 Å². The molecule has 2 aromatic rings. The Labute approximate surface area is 195 Å². The molecule has 0 radical (unpaired) electrons. The standard InChI is InChI=1S/C24H31N3O5S/c1-3-32-22-15-14-19(16-23(22)31-2)17-25-26-24(28)18-27(20-10-6-4-7-11-20)33(29,30)21-12-8-5-9-13-21/h5,8-9,12-17,20H,3-4,6-7,10-11,18H2,1-2H3,(H,26,28)/b25-17-. The van der Waals surface area contributed by atoms with E-state index in [9.17, 15) is 13.2 Å². The van der Waals surface area contributed by atoms with Gasteiger partial charge in [0, 0.05) is 6.04 Å². The van der Waals surface area contributed by atoms with Crippen molar-refractivity contribution in [2.45, 2.75) is 50.0 Å². The molecule has 2 aromatic carbocycles. The van der Waals surface area contributed by atoms with Gasteiger partial charge >= 0.3 is 0 Å². The third kappa shape index (κ3) is 6.55. The van der Waals surface area contributed by atoms with Gasteiger partial charge in [-0.15, -0.1) is 0 Å². The summed E-state index contributed by atoms with van der Waals surface area (Å²) in [4.78, 5) is 12.8. The van der Waals surface area contributed by atoms with Crippen LogP contribution in [-0.4, -0.2) is 51.1 Å². The van der Waals surface area contributed by atoms with E-state index in [-0.39, 0.29) is 17.5 Å². The lowest BCUT2D eigenvalue weighted by Gasteiger charge is -2.32. The van der Waals surface area contributed by atoms with Gasteiger partial charge in [0.2, 0.25) is 10.0 Å². The molecule has 33 heavy (non-hydrogen) atoms. The fourth-order valence-corrected chi connectivity index (χ4v) is 5.56. The molecule has 1 aliphatic rings. The van der Waals surface area contributed by atoms with E-state index in [0.717, 1.165) is 32.1 Å². The quantitative estimate of drug-likeness (QED) is 0.420. The zero-order chi connectivity index (χ0) is 23.7. The number of methoxy groups -OCH3 is 1. The molecule has 3 rings (SSSR count). The van der Waals surface area contributed by atoms with Gasteiger partial charge in [0.15, 0.2) is 11.5 Å². The van der Waals surface area contributed by atoms with E-state index < -0.39 is 15.9 Å². The maximum Gasteiger partial charge on any atom is 0.255 e. The molecule has 0 spiro atoms. The summed E-state index contributed by atoms with van der Waals surface area (Å²) < 4.78 is 38.7. The Hall–Kier alpha value is -2.91. The van der Waals surface area contributed by atoms with Crippen molar-refractivity contribution in [3.63, 3.8) is 0 Å². The first-order chi connectivity index (χ1) is 16.0. The van der Waals surface area contributed by atoms with Crippen molar-refractivity contribution < 1.29 is 22.7 Å².